The largest absolute Gasteiger partial charge is 0.493 e. The van der Waals surface area contributed by atoms with Crippen LogP contribution in [-0.2, 0) is 10.0 Å². The lowest BCUT2D eigenvalue weighted by molar-refractivity contribution is 0.00318. The number of hydrogen-bond donors (Lipinski definition) is 1. The van der Waals surface area contributed by atoms with Crippen molar-refractivity contribution in [3.8, 4) is 5.75 Å². The molecule has 0 aromatic heterocycles. The fraction of sp³-hybridized carbons (Fsp3) is 0.480. The number of carbonyl (C=O) groups is 1. The SMILES string of the molecule is CS(=O)(=O)NC(=O)c1cc(C2CC2)c(OCC2CCN([C@H](c3cc(Cl)cc(Cl)c3)C(F)F)CC2)cc1F. The van der Waals surface area contributed by atoms with Gasteiger partial charge in [-0.1, -0.05) is 23.2 Å². The monoisotopic (exact) mass is 578 g/mol. The first-order valence-corrected chi connectivity index (χ1v) is 14.5. The molecule has 6 nitrogen and oxygen atoms in total. The van der Waals surface area contributed by atoms with Gasteiger partial charge in [0.1, 0.15) is 11.6 Å². The second-order valence-corrected chi connectivity index (χ2v) is 12.2. The van der Waals surface area contributed by atoms with Gasteiger partial charge in [0.05, 0.1) is 24.5 Å². The third-order valence-electron chi connectivity index (χ3n) is 6.62. The van der Waals surface area contributed by atoms with Crippen LogP contribution in [0.25, 0.3) is 0 Å². The highest BCUT2D eigenvalue weighted by atomic mass is 35.5. The van der Waals surface area contributed by atoms with E-state index in [0.29, 0.717) is 52.9 Å². The second kappa shape index (κ2) is 11.4. The van der Waals surface area contributed by atoms with Gasteiger partial charge in [-0.05, 0) is 86.0 Å². The highest BCUT2D eigenvalue weighted by molar-refractivity contribution is 7.89. The maximum atomic E-state index is 14.7. The normalized spacial score (nSPS) is 18.1. The number of likely N-dealkylation sites (tertiary alicyclic amines) is 1. The number of rotatable bonds is 9. The van der Waals surface area contributed by atoms with Gasteiger partial charge < -0.3 is 4.74 Å². The zero-order valence-electron chi connectivity index (χ0n) is 20.0. The Morgan fingerprint density at radius 1 is 1.08 bits per heavy atom. The van der Waals surface area contributed by atoms with Crippen molar-refractivity contribution < 1.29 is 31.1 Å². The third kappa shape index (κ3) is 7.31. The Morgan fingerprint density at radius 2 is 1.70 bits per heavy atom. The molecule has 1 amide bonds. The summed E-state index contributed by atoms with van der Waals surface area (Å²) in [6, 6.07) is 5.87. The Hall–Kier alpha value is -2.01. The Balaban J connectivity index is 1.41. The van der Waals surface area contributed by atoms with Crippen molar-refractivity contribution in [1.82, 2.24) is 9.62 Å². The van der Waals surface area contributed by atoms with Gasteiger partial charge in [0.25, 0.3) is 12.3 Å². The molecule has 1 saturated carbocycles. The first-order valence-electron chi connectivity index (χ1n) is 11.9. The number of hydrogen-bond acceptors (Lipinski definition) is 5. The minimum atomic E-state index is -3.84. The molecule has 1 N–H and O–H groups in total. The number of halogens is 5. The summed E-state index contributed by atoms with van der Waals surface area (Å²) in [7, 11) is -3.84. The molecule has 2 aliphatic rings. The van der Waals surface area contributed by atoms with E-state index in [1.807, 2.05) is 0 Å². The molecule has 202 valence electrons. The minimum Gasteiger partial charge on any atom is -0.493 e. The lowest BCUT2D eigenvalue weighted by Gasteiger charge is -2.37. The van der Waals surface area contributed by atoms with E-state index in [9.17, 15) is 26.4 Å². The number of alkyl halides is 2. The predicted octanol–water partition coefficient (Wildman–Crippen LogP) is 5.80. The molecule has 1 aliphatic carbocycles. The van der Waals surface area contributed by atoms with E-state index in [1.54, 1.807) is 9.62 Å². The first kappa shape index (κ1) is 28.0. The summed E-state index contributed by atoms with van der Waals surface area (Å²) < 4.78 is 73.2. The van der Waals surface area contributed by atoms with Crippen LogP contribution < -0.4 is 9.46 Å². The zero-order chi connectivity index (χ0) is 26.9. The van der Waals surface area contributed by atoms with Gasteiger partial charge in [0, 0.05) is 16.1 Å². The molecule has 2 aromatic rings. The number of carbonyl (C=O) groups excluding carboxylic acids is 1. The quantitative estimate of drug-likeness (QED) is 0.407. The summed E-state index contributed by atoms with van der Waals surface area (Å²) in [6.45, 7) is 1.10. The first-order chi connectivity index (χ1) is 17.4. The molecule has 0 spiro atoms. The fourth-order valence-electron chi connectivity index (χ4n) is 4.67. The lowest BCUT2D eigenvalue weighted by atomic mass is 9.94. The predicted molar refractivity (Wildman–Crippen MR) is 136 cm³/mol. The highest BCUT2D eigenvalue weighted by Crippen LogP contribution is 2.45. The van der Waals surface area contributed by atoms with E-state index < -0.39 is 34.2 Å². The summed E-state index contributed by atoms with van der Waals surface area (Å²) in [5, 5.41) is 0.602. The number of sulfonamides is 1. The molecule has 2 aromatic carbocycles. The van der Waals surface area contributed by atoms with Crippen LogP contribution in [0.5, 0.6) is 5.75 Å². The van der Waals surface area contributed by atoms with Crippen LogP contribution in [0.4, 0.5) is 13.2 Å². The molecule has 0 unspecified atom stereocenters. The van der Waals surface area contributed by atoms with Crippen LogP contribution in [0.1, 0.15) is 59.1 Å². The van der Waals surface area contributed by atoms with Crippen molar-refractivity contribution in [1.29, 1.82) is 0 Å². The van der Waals surface area contributed by atoms with Crippen molar-refractivity contribution in [3.63, 3.8) is 0 Å². The van der Waals surface area contributed by atoms with Crippen LogP contribution in [-0.4, -0.2) is 51.6 Å². The standard InChI is InChI=1S/C25H27Cl2F3N2O4S/c1-37(34,35)31-25(33)20-11-19(15-2-3-15)22(12-21(20)28)36-13-14-4-6-32(7-5-14)23(24(29)30)16-8-17(26)10-18(27)9-16/h8-12,14-15,23-24H,2-7,13H2,1H3,(H,31,33)/t23-/m1/s1. The number of piperidine rings is 1. The smallest absolute Gasteiger partial charge is 0.267 e. The third-order valence-corrected chi connectivity index (χ3v) is 7.61. The number of benzene rings is 2. The van der Waals surface area contributed by atoms with Crippen molar-refractivity contribution >= 4 is 39.1 Å². The zero-order valence-corrected chi connectivity index (χ0v) is 22.4. The number of amides is 1. The summed E-state index contributed by atoms with van der Waals surface area (Å²) in [5.41, 5.74) is 0.673. The summed E-state index contributed by atoms with van der Waals surface area (Å²) in [6.07, 6.45) is 1.12. The van der Waals surface area contributed by atoms with Crippen LogP contribution in [0, 0.1) is 11.7 Å². The molecule has 1 saturated heterocycles. The molecular weight excluding hydrogens is 552 g/mol. The number of ether oxygens (including phenoxy) is 1. The number of nitrogens with one attached hydrogen (secondary N) is 1. The summed E-state index contributed by atoms with van der Waals surface area (Å²) >= 11 is 12.1. The van der Waals surface area contributed by atoms with Gasteiger partial charge in [0.15, 0.2) is 0 Å². The Morgan fingerprint density at radius 3 is 2.24 bits per heavy atom. The molecule has 1 heterocycles. The average molecular weight is 579 g/mol. The minimum absolute atomic E-state index is 0.0702. The molecule has 12 heteroatoms. The maximum absolute atomic E-state index is 14.7. The van der Waals surface area contributed by atoms with Crippen LogP contribution >= 0.6 is 23.2 Å². The van der Waals surface area contributed by atoms with Crippen LogP contribution in [0.15, 0.2) is 30.3 Å². The molecule has 0 radical (unpaired) electrons. The Kier molecular flexibility index (Phi) is 8.62. The lowest BCUT2D eigenvalue weighted by Crippen LogP contribution is -2.40. The van der Waals surface area contributed by atoms with Gasteiger partial charge in [-0.25, -0.2) is 26.3 Å². The molecule has 37 heavy (non-hydrogen) atoms. The molecule has 1 aliphatic heterocycles. The molecule has 1 atom stereocenters. The number of nitrogens with zero attached hydrogens (tertiary/aromatic N) is 1. The maximum Gasteiger partial charge on any atom is 0.267 e. The Labute approximate surface area is 224 Å². The van der Waals surface area contributed by atoms with E-state index in [4.69, 9.17) is 27.9 Å². The van der Waals surface area contributed by atoms with Crippen molar-refractivity contribution in [3.05, 3.63) is 62.9 Å². The average Bonchev–Trinajstić information content (AvgIpc) is 3.62. The van der Waals surface area contributed by atoms with Gasteiger partial charge in [-0.3, -0.25) is 9.69 Å². The highest BCUT2D eigenvalue weighted by Gasteiger charge is 2.34. The van der Waals surface area contributed by atoms with E-state index in [-0.39, 0.29) is 24.0 Å². The van der Waals surface area contributed by atoms with E-state index in [2.05, 4.69) is 0 Å². The van der Waals surface area contributed by atoms with Crippen molar-refractivity contribution in [2.45, 2.75) is 44.1 Å². The van der Waals surface area contributed by atoms with Gasteiger partial charge in [0.2, 0.25) is 10.0 Å². The van der Waals surface area contributed by atoms with Gasteiger partial charge in [-0.15, -0.1) is 0 Å². The van der Waals surface area contributed by atoms with Crippen LogP contribution in [0.2, 0.25) is 10.0 Å². The van der Waals surface area contributed by atoms with Crippen LogP contribution in [0.3, 0.4) is 0 Å². The second-order valence-electron chi connectivity index (χ2n) is 9.62. The van der Waals surface area contributed by atoms with E-state index in [1.165, 1.54) is 24.3 Å². The van der Waals surface area contributed by atoms with Gasteiger partial charge >= 0.3 is 0 Å². The van der Waals surface area contributed by atoms with E-state index in [0.717, 1.165) is 25.2 Å². The molecular formula is C25H27Cl2F3N2O4S. The van der Waals surface area contributed by atoms with Crippen molar-refractivity contribution in [2.75, 3.05) is 26.0 Å². The topological polar surface area (TPSA) is 75.7 Å². The fourth-order valence-corrected chi connectivity index (χ4v) is 5.66. The summed E-state index contributed by atoms with van der Waals surface area (Å²) in [5.74, 6) is -1.41. The molecule has 2 fully saturated rings. The summed E-state index contributed by atoms with van der Waals surface area (Å²) in [4.78, 5) is 13.9. The van der Waals surface area contributed by atoms with Gasteiger partial charge in [-0.2, -0.15) is 0 Å². The van der Waals surface area contributed by atoms with Crippen molar-refractivity contribution in [2.24, 2.45) is 5.92 Å². The molecule has 0 bridgehead atoms. The molecule has 4 rings (SSSR count). The Bertz CT molecular complexity index is 1250. The van der Waals surface area contributed by atoms with E-state index >= 15 is 0 Å².